The monoisotopic (exact) mass is 408 g/mol. The Balaban J connectivity index is 3.23. The predicted octanol–water partition coefficient (Wildman–Crippen LogP) is 7.96. The summed E-state index contributed by atoms with van der Waals surface area (Å²) in [6, 6.07) is 8.13. The number of nitrogens with zero attached hydrogens (tertiary/aromatic N) is 1. The van der Waals surface area contributed by atoms with Crippen molar-refractivity contribution in [3.63, 3.8) is 0 Å². The summed E-state index contributed by atoms with van der Waals surface area (Å²) in [7, 11) is 0. The van der Waals surface area contributed by atoms with Gasteiger partial charge in [-0.2, -0.15) is 0 Å². The van der Waals surface area contributed by atoms with Crippen molar-refractivity contribution in [2.75, 3.05) is 0 Å². The van der Waals surface area contributed by atoms with Gasteiger partial charge in [0.05, 0.1) is 0 Å². The summed E-state index contributed by atoms with van der Waals surface area (Å²) < 4.78 is 6.43. The maximum Gasteiger partial charge on any atom is 0.134 e. The molecule has 0 saturated carbocycles. The molecule has 3 heteroatoms. The van der Waals surface area contributed by atoms with Crippen LogP contribution in [-0.2, 0) is 0 Å². The fourth-order valence-electron chi connectivity index (χ4n) is 2.85. The summed E-state index contributed by atoms with van der Waals surface area (Å²) in [5.74, 6) is 2.43. The largest absolute Gasteiger partial charge is 0.461 e. The maximum absolute atomic E-state index is 6.43. The molecule has 0 atom stereocenters. The van der Waals surface area contributed by atoms with E-state index in [-0.39, 0.29) is 0 Å². The molecule has 1 aromatic carbocycles. The number of aliphatic imine (C=N–C) groups is 1. The highest BCUT2D eigenvalue weighted by molar-refractivity contribution is 6.11. The van der Waals surface area contributed by atoms with Gasteiger partial charge < -0.3 is 10.5 Å². The van der Waals surface area contributed by atoms with Crippen molar-refractivity contribution in [1.29, 1.82) is 0 Å². The molecule has 0 saturated heterocycles. The van der Waals surface area contributed by atoms with Gasteiger partial charge >= 0.3 is 0 Å². The SMILES string of the molecule is C\C=C(/C=N/C(N)=C(/C)CC)c1ccccc1O/C(=C/C(C)=C\CCC)CCCC. The highest BCUT2D eigenvalue weighted by Gasteiger charge is 2.10. The quantitative estimate of drug-likeness (QED) is 0.217. The van der Waals surface area contributed by atoms with Crippen LogP contribution in [0.4, 0.5) is 0 Å². The van der Waals surface area contributed by atoms with E-state index in [1.807, 2.05) is 44.3 Å². The van der Waals surface area contributed by atoms with E-state index in [2.05, 4.69) is 50.9 Å². The van der Waals surface area contributed by atoms with Gasteiger partial charge in [0.1, 0.15) is 17.3 Å². The first-order valence-corrected chi connectivity index (χ1v) is 11.3. The molecule has 30 heavy (non-hydrogen) atoms. The fraction of sp³-hybridized carbons (Fsp3) is 0.444. The molecule has 0 unspecified atom stereocenters. The zero-order valence-electron chi connectivity index (χ0n) is 19.8. The number of hydrogen-bond donors (Lipinski definition) is 1. The molecule has 0 fully saturated rings. The molecule has 0 bridgehead atoms. The molecule has 1 rings (SSSR count). The summed E-state index contributed by atoms with van der Waals surface area (Å²) in [5.41, 5.74) is 10.4. The third-order valence-electron chi connectivity index (χ3n) is 4.98. The average molecular weight is 409 g/mol. The average Bonchev–Trinajstić information content (AvgIpc) is 2.76. The zero-order valence-corrected chi connectivity index (χ0v) is 19.8. The van der Waals surface area contributed by atoms with Gasteiger partial charge in [0, 0.05) is 18.2 Å². The fourth-order valence-corrected chi connectivity index (χ4v) is 2.85. The minimum absolute atomic E-state index is 0.579. The normalized spacial score (nSPS) is 14.3. The number of allylic oxidation sites excluding steroid dienone is 7. The summed E-state index contributed by atoms with van der Waals surface area (Å²) in [6.07, 6.45) is 14.6. The van der Waals surface area contributed by atoms with E-state index in [1.165, 1.54) is 5.57 Å². The molecule has 0 amide bonds. The standard InChI is InChI=1S/C27H40N2O/c1-7-11-15-21(5)19-24(16-12-8-2)30-26-18-14-13-17-25(26)23(10-4)20-29-27(28)22(6)9-3/h10,13-15,17-20H,7-9,11-12,16,28H2,1-6H3/b21-15-,23-10+,24-19+,27-22-,29-20+. The molecule has 1 aromatic rings. The Morgan fingerprint density at radius 3 is 2.47 bits per heavy atom. The second-order valence-corrected chi connectivity index (χ2v) is 7.57. The second kappa shape index (κ2) is 14.4. The van der Waals surface area contributed by atoms with Crippen LogP contribution < -0.4 is 10.5 Å². The Hall–Kier alpha value is -2.55. The Labute approximate surface area is 184 Å². The van der Waals surface area contributed by atoms with E-state index in [0.717, 1.165) is 66.7 Å². The number of unbranched alkanes of at least 4 members (excludes halogenated alkanes) is 2. The molecule has 0 heterocycles. The Kier molecular flexibility index (Phi) is 12.3. The predicted molar refractivity (Wildman–Crippen MR) is 133 cm³/mol. The van der Waals surface area contributed by atoms with Crippen LogP contribution in [0.25, 0.3) is 5.57 Å². The van der Waals surface area contributed by atoms with Gasteiger partial charge in [0.15, 0.2) is 0 Å². The van der Waals surface area contributed by atoms with Crippen molar-refractivity contribution >= 4 is 11.8 Å². The molecule has 0 radical (unpaired) electrons. The van der Waals surface area contributed by atoms with E-state index in [1.54, 1.807) is 0 Å². The molecular weight excluding hydrogens is 368 g/mol. The number of nitrogens with two attached hydrogens (primary N) is 1. The summed E-state index contributed by atoms with van der Waals surface area (Å²) >= 11 is 0. The topological polar surface area (TPSA) is 47.6 Å². The van der Waals surface area contributed by atoms with Crippen LogP contribution in [0, 0.1) is 0 Å². The van der Waals surface area contributed by atoms with Gasteiger partial charge in [0.2, 0.25) is 0 Å². The van der Waals surface area contributed by atoms with Gasteiger partial charge in [-0.15, -0.1) is 0 Å². The van der Waals surface area contributed by atoms with Crippen LogP contribution in [0.2, 0.25) is 0 Å². The highest BCUT2D eigenvalue weighted by Crippen LogP contribution is 2.28. The minimum Gasteiger partial charge on any atom is -0.461 e. The van der Waals surface area contributed by atoms with Gasteiger partial charge in [-0.1, -0.05) is 69.5 Å². The van der Waals surface area contributed by atoms with E-state index in [4.69, 9.17) is 10.5 Å². The third kappa shape index (κ3) is 8.86. The number of hydrogen-bond acceptors (Lipinski definition) is 3. The van der Waals surface area contributed by atoms with E-state index >= 15 is 0 Å². The lowest BCUT2D eigenvalue weighted by atomic mass is 10.1. The van der Waals surface area contributed by atoms with E-state index < -0.39 is 0 Å². The van der Waals surface area contributed by atoms with Gasteiger partial charge in [-0.05, 0) is 63.3 Å². The second-order valence-electron chi connectivity index (χ2n) is 7.57. The van der Waals surface area contributed by atoms with Crippen molar-refractivity contribution in [2.45, 2.75) is 80.1 Å². The number of ether oxygens (including phenoxy) is 1. The van der Waals surface area contributed by atoms with Crippen molar-refractivity contribution in [1.82, 2.24) is 0 Å². The Morgan fingerprint density at radius 2 is 1.83 bits per heavy atom. The molecule has 0 spiro atoms. The minimum atomic E-state index is 0.579. The van der Waals surface area contributed by atoms with Crippen LogP contribution in [0.3, 0.4) is 0 Å². The molecular formula is C27H40N2O. The smallest absolute Gasteiger partial charge is 0.134 e. The lowest BCUT2D eigenvalue weighted by molar-refractivity contribution is 0.397. The van der Waals surface area contributed by atoms with Crippen molar-refractivity contribution in [3.05, 3.63) is 70.8 Å². The summed E-state index contributed by atoms with van der Waals surface area (Å²) in [4.78, 5) is 4.48. The molecule has 0 aliphatic rings. The van der Waals surface area contributed by atoms with Crippen LogP contribution >= 0.6 is 0 Å². The molecule has 164 valence electrons. The number of benzene rings is 1. The van der Waals surface area contributed by atoms with Crippen molar-refractivity contribution < 1.29 is 4.74 Å². The first-order chi connectivity index (χ1) is 14.5. The molecule has 0 aliphatic carbocycles. The Bertz CT molecular complexity index is 810. The van der Waals surface area contributed by atoms with Crippen molar-refractivity contribution in [3.8, 4) is 5.75 Å². The lowest BCUT2D eigenvalue weighted by Crippen LogP contribution is -2.01. The van der Waals surface area contributed by atoms with Gasteiger partial charge in [0.25, 0.3) is 0 Å². The number of para-hydroxylation sites is 1. The highest BCUT2D eigenvalue weighted by atomic mass is 16.5. The molecule has 0 aliphatic heterocycles. The molecule has 2 N–H and O–H groups in total. The third-order valence-corrected chi connectivity index (χ3v) is 4.98. The van der Waals surface area contributed by atoms with Crippen LogP contribution in [0.1, 0.15) is 85.6 Å². The van der Waals surface area contributed by atoms with E-state index in [9.17, 15) is 0 Å². The first-order valence-electron chi connectivity index (χ1n) is 11.3. The molecule has 0 aromatic heterocycles. The first kappa shape index (κ1) is 25.5. The van der Waals surface area contributed by atoms with Gasteiger partial charge in [-0.3, -0.25) is 0 Å². The maximum atomic E-state index is 6.43. The number of rotatable bonds is 12. The summed E-state index contributed by atoms with van der Waals surface area (Å²) in [6.45, 7) is 12.7. The van der Waals surface area contributed by atoms with Gasteiger partial charge in [-0.25, -0.2) is 4.99 Å². The van der Waals surface area contributed by atoms with Crippen LogP contribution in [-0.4, -0.2) is 6.21 Å². The molecule has 3 nitrogen and oxygen atoms in total. The van der Waals surface area contributed by atoms with Crippen LogP contribution in [0.15, 0.2) is 70.2 Å². The Morgan fingerprint density at radius 1 is 1.10 bits per heavy atom. The lowest BCUT2D eigenvalue weighted by Gasteiger charge is -2.15. The van der Waals surface area contributed by atoms with Crippen molar-refractivity contribution in [2.24, 2.45) is 10.7 Å². The zero-order chi connectivity index (χ0) is 22.4. The van der Waals surface area contributed by atoms with Crippen LogP contribution in [0.5, 0.6) is 5.75 Å². The van der Waals surface area contributed by atoms with E-state index in [0.29, 0.717) is 5.82 Å². The summed E-state index contributed by atoms with van der Waals surface area (Å²) in [5, 5.41) is 0.